The molecule has 0 atom stereocenters. The summed E-state index contributed by atoms with van der Waals surface area (Å²) in [5, 5.41) is 13.6. The van der Waals surface area contributed by atoms with Gasteiger partial charge >= 0.3 is 0 Å². The van der Waals surface area contributed by atoms with Crippen LogP contribution in [0.25, 0.3) is 0 Å². The molecule has 2 N–H and O–H groups in total. The Morgan fingerprint density at radius 1 is 1.38 bits per heavy atom. The average Bonchev–Trinajstić information content (AvgIpc) is 2.95. The van der Waals surface area contributed by atoms with E-state index in [0.29, 0.717) is 12.8 Å². The number of aryl methyl sites for hydroxylation is 1. The van der Waals surface area contributed by atoms with Gasteiger partial charge in [0.25, 0.3) is 0 Å². The molecule has 0 spiro atoms. The van der Waals surface area contributed by atoms with Gasteiger partial charge in [-0.2, -0.15) is 0 Å². The number of nitrogens with one attached hydrogen (secondary N) is 1. The van der Waals surface area contributed by atoms with Crippen LogP contribution in [0.1, 0.15) is 22.4 Å². The van der Waals surface area contributed by atoms with E-state index in [2.05, 4.69) is 17.2 Å². The minimum atomic E-state index is -0.0268. The number of amides is 1. The second kappa shape index (κ2) is 7.63. The topological polar surface area (TPSA) is 49.3 Å². The van der Waals surface area contributed by atoms with Crippen LogP contribution in [0.2, 0.25) is 0 Å². The van der Waals surface area contributed by atoms with Crippen molar-refractivity contribution in [2.75, 3.05) is 11.9 Å². The highest BCUT2D eigenvalue weighted by atomic mass is 32.1. The summed E-state index contributed by atoms with van der Waals surface area (Å²) in [4.78, 5) is 13.1. The van der Waals surface area contributed by atoms with Crippen LogP contribution in [-0.4, -0.2) is 17.6 Å². The van der Waals surface area contributed by atoms with Gasteiger partial charge in [0.05, 0.1) is 13.0 Å². The number of thiophene rings is 1. The number of carbonyl (C=O) groups excluding carboxylic acids is 1. The van der Waals surface area contributed by atoms with Gasteiger partial charge in [0.2, 0.25) is 5.91 Å². The Morgan fingerprint density at radius 3 is 2.95 bits per heavy atom. The molecule has 1 aromatic heterocycles. The van der Waals surface area contributed by atoms with Crippen LogP contribution in [0.15, 0.2) is 35.7 Å². The molecule has 4 heteroatoms. The van der Waals surface area contributed by atoms with Crippen molar-refractivity contribution in [1.29, 1.82) is 0 Å². The van der Waals surface area contributed by atoms with Crippen molar-refractivity contribution in [2.24, 2.45) is 0 Å². The van der Waals surface area contributed by atoms with E-state index in [1.165, 1.54) is 0 Å². The van der Waals surface area contributed by atoms with Gasteiger partial charge in [-0.05, 0) is 36.1 Å². The first-order valence-electron chi connectivity index (χ1n) is 6.71. The number of carbonyl (C=O) groups is 1. The first-order chi connectivity index (χ1) is 10.2. The van der Waals surface area contributed by atoms with Gasteiger partial charge in [-0.3, -0.25) is 4.79 Å². The lowest BCUT2D eigenvalue weighted by Gasteiger charge is -2.08. The minimum absolute atomic E-state index is 0.0268. The molecule has 0 unspecified atom stereocenters. The quantitative estimate of drug-likeness (QED) is 0.853. The number of hydrogen-bond donors (Lipinski definition) is 2. The van der Waals surface area contributed by atoms with Crippen molar-refractivity contribution < 1.29 is 9.90 Å². The molecular weight excluding hydrogens is 282 g/mol. The van der Waals surface area contributed by atoms with Crippen LogP contribution in [0.4, 0.5) is 5.69 Å². The molecule has 0 saturated heterocycles. The highest BCUT2D eigenvalue weighted by Gasteiger charge is 2.07. The van der Waals surface area contributed by atoms with Crippen LogP contribution >= 0.6 is 11.3 Å². The Labute approximate surface area is 128 Å². The summed E-state index contributed by atoms with van der Waals surface area (Å²) in [5.74, 6) is 5.82. The number of hydrogen-bond acceptors (Lipinski definition) is 3. The summed E-state index contributed by atoms with van der Waals surface area (Å²) in [6.45, 7) is 2.01. The van der Waals surface area contributed by atoms with Crippen molar-refractivity contribution >= 4 is 22.9 Å². The summed E-state index contributed by atoms with van der Waals surface area (Å²) >= 11 is 1.58. The van der Waals surface area contributed by atoms with Gasteiger partial charge < -0.3 is 10.4 Å². The zero-order valence-corrected chi connectivity index (χ0v) is 12.7. The number of benzene rings is 1. The SMILES string of the molecule is Cc1ccc(C#CCCO)cc1NC(=O)Cc1cccs1. The lowest BCUT2D eigenvalue weighted by Crippen LogP contribution is -2.14. The molecule has 0 aliphatic rings. The minimum Gasteiger partial charge on any atom is -0.395 e. The van der Waals surface area contributed by atoms with Crippen molar-refractivity contribution in [2.45, 2.75) is 19.8 Å². The Kier molecular flexibility index (Phi) is 5.56. The van der Waals surface area contributed by atoms with E-state index in [4.69, 9.17) is 5.11 Å². The lowest BCUT2D eigenvalue weighted by molar-refractivity contribution is -0.115. The molecule has 2 aromatic rings. The maximum Gasteiger partial charge on any atom is 0.229 e. The molecule has 0 radical (unpaired) electrons. The Morgan fingerprint density at radius 2 is 2.24 bits per heavy atom. The van der Waals surface area contributed by atoms with Crippen molar-refractivity contribution in [1.82, 2.24) is 0 Å². The summed E-state index contributed by atoms with van der Waals surface area (Å²) in [6, 6.07) is 9.61. The highest BCUT2D eigenvalue weighted by Crippen LogP contribution is 2.17. The summed E-state index contributed by atoms with van der Waals surface area (Å²) in [7, 11) is 0. The van der Waals surface area contributed by atoms with Gasteiger partial charge in [-0.15, -0.1) is 11.3 Å². The normalized spacial score (nSPS) is 9.81. The summed E-state index contributed by atoms with van der Waals surface area (Å²) < 4.78 is 0. The van der Waals surface area contributed by atoms with E-state index in [0.717, 1.165) is 21.7 Å². The second-order valence-electron chi connectivity index (χ2n) is 4.61. The molecule has 1 aromatic carbocycles. The maximum absolute atomic E-state index is 12.0. The van der Waals surface area contributed by atoms with Crippen LogP contribution in [0, 0.1) is 18.8 Å². The zero-order chi connectivity index (χ0) is 15.1. The molecule has 108 valence electrons. The molecule has 0 fully saturated rings. The third-order valence-corrected chi connectivity index (χ3v) is 3.77. The predicted octanol–water partition coefficient (Wildman–Crippen LogP) is 2.97. The van der Waals surface area contributed by atoms with Crippen LogP contribution in [0.5, 0.6) is 0 Å². The molecule has 3 nitrogen and oxygen atoms in total. The van der Waals surface area contributed by atoms with Gasteiger partial charge in [-0.1, -0.05) is 24.0 Å². The smallest absolute Gasteiger partial charge is 0.229 e. The predicted molar refractivity (Wildman–Crippen MR) is 86.4 cm³/mol. The Bertz CT molecular complexity index is 666. The van der Waals surface area contributed by atoms with Crippen LogP contribution in [-0.2, 0) is 11.2 Å². The fraction of sp³-hybridized carbons (Fsp3) is 0.235. The molecule has 2 rings (SSSR count). The maximum atomic E-state index is 12.0. The third-order valence-electron chi connectivity index (χ3n) is 2.90. The Balaban J connectivity index is 2.06. The van der Waals surface area contributed by atoms with Crippen LogP contribution < -0.4 is 5.32 Å². The standard InChI is InChI=1S/C17H17NO2S/c1-13-7-8-14(5-2-3-9-19)11-16(13)18-17(20)12-15-6-4-10-21-15/h4,6-8,10-11,19H,3,9,12H2,1H3,(H,18,20). The summed E-state index contributed by atoms with van der Waals surface area (Å²) in [6.07, 6.45) is 0.839. The number of anilines is 1. The lowest BCUT2D eigenvalue weighted by atomic mass is 10.1. The van der Waals surface area contributed by atoms with E-state index < -0.39 is 0 Å². The van der Waals surface area contributed by atoms with Gasteiger partial charge in [0, 0.05) is 22.5 Å². The third kappa shape index (κ3) is 4.75. The fourth-order valence-corrected chi connectivity index (χ4v) is 2.52. The molecular formula is C17H17NO2S. The molecule has 1 heterocycles. The van der Waals surface area contributed by atoms with Crippen molar-refractivity contribution in [3.63, 3.8) is 0 Å². The van der Waals surface area contributed by atoms with Gasteiger partial charge in [-0.25, -0.2) is 0 Å². The first kappa shape index (κ1) is 15.3. The van der Waals surface area contributed by atoms with E-state index in [-0.39, 0.29) is 12.5 Å². The zero-order valence-electron chi connectivity index (χ0n) is 11.8. The summed E-state index contributed by atoms with van der Waals surface area (Å²) in [5.41, 5.74) is 2.62. The first-order valence-corrected chi connectivity index (χ1v) is 7.59. The van der Waals surface area contributed by atoms with Crippen LogP contribution in [0.3, 0.4) is 0 Å². The van der Waals surface area contributed by atoms with E-state index in [9.17, 15) is 4.79 Å². The molecule has 0 aliphatic carbocycles. The fourth-order valence-electron chi connectivity index (χ4n) is 1.82. The van der Waals surface area contributed by atoms with Crippen molar-refractivity contribution in [3.8, 4) is 11.8 Å². The second-order valence-corrected chi connectivity index (χ2v) is 5.64. The monoisotopic (exact) mass is 299 g/mol. The molecule has 0 aliphatic heterocycles. The number of aliphatic hydroxyl groups excluding tert-OH is 1. The number of aliphatic hydroxyl groups is 1. The molecule has 0 saturated carbocycles. The Hall–Kier alpha value is -2.09. The average molecular weight is 299 g/mol. The molecule has 0 bridgehead atoms. The van der Waals surface area contributed by atoms with E-state index in [1.54, 1.807) is 11.3 Å². The highest BCUT2D eigenvalue weighted by molar-refractivity contribution is 7.10. The van der Waals surface area contributed by atoms with Crippen molar-refractivity contribution in [3.05, 3.63) is 51.7 Å². The van der Waals surface area contributed by atoms with E-state index >= 15 is 0 Å². The number of rotatable bonds is 4. The van der Waals surface area contributed by atoms with Gasteiger partial charge in [0.15, 0.2) is 0 Å². The van der Waals surface area contributed by atoms with E-state index in [1.807, 2.05) is 42.6 Å². The van der Waals surface area contributed by atoms with Gasteiger partial charge in [0.1, 0.15) is 0 Å². The molecule has 21 heavy (non-hydrogen) atoms. The largest absolute Gasteiger partial charge is 0.395 e. The molecule has 1 amide bonds.